The minimum Gasteiger partial charge on any atom is -0.504 e. The smallest absolute Gasteiger partial charge is 0.267 e. The van der Waals surface area contributed by atoms with E-state index in [1.807, 2.05) is 24.3 Å². The van der Waals surface area contributed by atoms with E-state index in [1.54, 1.807) is 49.9 Å². The average Bonchev–Trinajstić information content (AvgIpc) is 3.45. The molecule has 0 bridgehead atoms. The Morgan fingerprint density at radius 3 is 2.67 bits per heavy atom. The van der Waals surface area contributed by atoms with E-state index in [0.29, 0.717) is 32.9 Å². The first-order valence-electron chi connectivity index (χ1n) is 9.94. The van der Waals surface area contributed by atoms with Crippen LogP contribution < -0.4 is 9.47 Å². The van der Waals surface area contributed by atoms with Crippen molar-refractivity contribution in [3.05, 3.63) is 82.7 Å². The molecule has 1 N–H and O–H groups in total. The van der Waals surface area contributed by atoms with Gasteiger partial charge in [-0.3, -0.25) is 9.69 Å². The van der Waals surface area contributed by atoms with Crippen molar-refractivity contribution < 1.29 is 23.8 Å². The number of phenols is 1. The van der Waals surface area contributed by atoms with Crippen LogP contribution in [0.2, 0.25) is 0 Å². The lowest BCUT2D eigenvalue weighted by atomic mass is 10.2. The van der Waals surface area contributed by atoms with Gasteiger partial charge in [-0.2, -0.15) is 5.10 Å². The maximum Gasteiger partial charge on any atom is 0.267 e. The lowest BCUT2D eigenvalue weighted by Crippen LogP contribution is -2.28. The Morgan fingerprint density at radius 1 is 1.09 bits per heavy atom. The minimum absolute atomic E-state index is 0.0254. The molecule has 33 heavy (non-hydrogen) atoms. The molecule has 1 aromatic heterocycles. The van der Waals surface area contributed by atoms with E-state index in [0.717, 1.165) is 5.56 Å². The second-order valence-electron chi connectivity index (χ2n) is 6.88. The third-order valence-electron chi connectivity index (χ3n) is 4.76. The van der Waals surface area contributed by atoms with Crippen molar-refractivity contribution in [2.45, 2.75) is 6.54 Å². The number of para-hydroxylation sites is 1. The Hall–Kier alpha value is -3.98. The number of nitrogens with zero attached hydrogens (tertiary/aromatic N) is 3. The number of ether oxygens (including phenoxy) is 2. The Kier molecular flexibility index (Phi) is 6.80. The van der Waals surface area contributed by atoms with E-state index in [4.69, 9.17) is 13.9 Å². The summed E-state index contributed by atoms with van der Waals surface area (Å²) in [6.45, 7) is 0.220. The van der Waals surface area contributed by atoms with Gasteiger partial charge in [-0.1, -0.05) is 18.2 Å². The number of carbonyl (C=O) groups excluding carboxylic acids is 1. The van der Waals surface area contributed by atoms with Crippen LogP contribution in [0.5, 0.6) is 17.2 Å². The number of rotatable bonds is 7. The van der Waals surface area contributed by atoms with Crippen LogP contribution >= 0.6 is 11.8 Å². The van der Waals surface area contributed by atoms with Crippen LogP contribution in [-0.4, -0.2) is 41.5 Å². The molecule has 1 fully saturated rings. The summed E-state index contributed by atoms with van der Waals surface area (Å²) in [5, 5.41) is 18.7. The number of thioether (sulfide) groups is 1. The van der Waals surface area contributed by atoms with Crippen molar-refractivity contribution in [1.29, 1.82) is 0 Å². The predicted molar refractivity (Wildman–Crippen MR) is 128 cm³/mol. The van der Waals surface area contributed by atoms with Gasteiger partial charge in [0, 0.05) is 5.56 Å². The molecular formula is C24H21N3O5S. The second kappa shape index (κ2) is 10.1. The molecule has 1 amide bonds. The predicted octanol–water partition coefficient (Wildman–Crippen LogP) is 4.51. The Morgan fingerprint density at radius 2 is 1.91 bits per heavy atom. The molecule has 2 heterocycles. The minimum atomic E-state index is -0.227. The van der Waals surface area contributed by atoms with Gasteiger partial charge in [-0.25, -0.2) is 0 Å². The fourth-order valence-corrected chi connectivity index (χ4v) is 4.06. The Labute approximate surface area is 194 Å². The van der Waals surface area contributed by atoms with Crippen LogP contribution in [0, 0.1) is 0 Å². The van der Waals surface area contributed by atoms with Crippen molar-refractivity contribution in [1.82, 2.24) is 4.90 Å². The quantitative estimate of drug-likeness (QED) is 0.315. The number of amides is 1. The Balaban J connectivity index is 1.64. The van der Waals surface area contributed by atoms with Crippen LogP contribution in [0.3, 0.4) is 0 Å². The highest BCUT2D eigenvalue weighted by molar-refractivity contribution is 8.18. The van der Waals surface area contributed by atoms with E-state index in [2.05, 4.69) is 10.2 Å². The number of carbonyl (C=O) groups is 1. The number of amidine groups is 1. The van der Waals surface area contributed by atoms with Crippen LogP contribution in [0.25, 0.3) is 6.08 Å². The van der Waals surface area contributed by atoms with E-state index in [-0.39, 0.29) is 18.2 Å². The maximum absolute atomic E-state index is 13.2. The summed E-state index contributed by atoms with van der Waals surface area (Å²) in [7, 11) is 3.06. The van der Waals surface area contributed by atoms with Crippen LogP contribution in [0.15, 0.2) is 80.4 Å². The highest BCUT2D eigenvalue weighted by atomic mass is 32.2. The zero-order valence-corrected chi connectivity index (χ0v) is 18.8. The lowest BCUT2D eigenvalue weighted by Gasteiger charge is -2.12. The third-order valence-corrected chi connectivity index (χ3v) is 5.76. The van der Waals surface area contributed by atoms with E-state index in [1.165, 1.54) is 29.8 Å². The standard InChI is InChI=1S/C24H21N3O5S/c1-30-20-8-4-3-6-17(20)14-25-26-24-27(15-18-7-5-11-32-18)23(29)22(33-24)13-16-9-10-19(28)21(12-16)31-2/h3-14,28H,15H2,1-2H3/b22-13-,25-14+,26-24-. The summed E-state index contributed by atoms with van der Waals surface area (Å²) in [5.74, 6) is 1.42. The highest BCUT2D eigenvalue weighted by Gasteiger charge is 2.34. The van der Waals surface area contributed by atoms with Crippen LogP contribution in [0.4, 0.5) is 0 Å². The summed E-state index contributed by atoms with van der Waals surface area (Å²) < 4.78 is 15.9. The first kappa shape index (κ1) is 22.2. The largest absolute Gasteiger partial charge is 0.504 e. The molecule has 1 saturated heterocycles. The molecule has 0 radical (unpaired) electrons. The highest BCUT2D eigenvalue weighted by Crippen LogP contribution is 2.35. The van der Waals surface area contributed by atoms with E-state index in [9.17, 15) is 9.90 Å². The van der Waals surface area contributed by atoms with Gasteiger partial charge in [-0.05, 0) is 59.8 Å². The summed E-state index contributed by atoms with van der Waals surface area (Å²) >= 11 is 1.20. The molecule has 9 heteroatoms. The van der Waals surface area contributed by atoms with Gasteiger partial charge in [0.15, 0.2) is 16.7 Å². The fourth-order valence-electron chi connectivity index (χ4n) is 3.13. The molecular weight excluding hydrogens is 442 g/mol. The van der Waals surface area contributed by atoms with Crippen LogP contribution in [0.1, 0.15) is 16.9 Å². The van der Waals surface area contributed by atoms with Gasteiger partial charge >= 0.3 is 0 Å². The molecule has 3 aromatic rings. The number of furan rings is 1. The number of benzene rings is 2. The number of aromatic hydroxyl groups is 1. The zero-order chi connectivity index (χ0) is 23.2. The summed E-state index contributed by atoms with van der Waals surface area (Å²) in [6, 6.07) is 15.9. The van der Waals surface area contributed by atoms with Crippen molar-refractivity contribution in [2.75, 3.05) is 14.2 Å². The summed E-state index contributed by atoms with van der Waals surface area (Å²) in [5.41, 5.74) is 1.47. The molecule has 0 atom stereocenters. The molecule has 1 aliphatic rings. The van der Waals surface area contributed by atoms with Crippen molar-refractivity contribution in [2.24, 2.45) is 10.2 Å². The number of methoxy groups -OCH3 is 2. The summed E-state index contributed by atoms with van der Waals surface area (Å²) in [4.78, 5) is 15.1. The lowest BCUT2D eigenvalue weighted by molar-refractivity contribution is -0.122. The SMILES string of the molecule is COc1cc(/C=C2\S/C(=N\N=C\c3ccccc3OC)N(Cc3ccco3)C2=O)ccc1O. The van der Waals surface area contributed by atoms with Crippen molar-refractivity contribution in [3.63, 3.8) is 0 Å². The molecule has 0 aliphatic carbocycles. The summed E-state index contributed by atoms with van der Waals surface area (Å²) in [6.07, 6.45) is 4.85. The van der Waals surface area contributed by atoms with Crippen LogP contribution in [-0.2, 0) is 11.3 Å². The van der Waals surface area contributed by atoms with Gasteiger partial charge in [0.25, 0.3) is 5.91 Å². The first-order valence-corrected chi connectivity index (χ1v) is 10.8. The van der Waals surface area contributed by atoms with Gasteiger partial charge in [-0.15, -0.1) is 5.10 Å². The normalized spacial score (nSPS) is 16.3. The first-order chi connectivity index (χ1) is 16.1. The molecule has 1 aliphatic heterocycles. The molecule has 0 saturated carbocycles. The van der Waals surface area contributed by atoms with E-state index >= 15 is 0 Å². The zero-order valence-electron chi connectivity index (χ0n) is 18.0. The van der Waals surface area contributed by atoms with Gasteiger partial charge in [0.2, 0.25) is 0 Å². The number of hydrogen-bond acceptors (Lipinski definition) is 8. The fraction of sp³-hybridized carbons (Fsp3) is 0.125. The molecule has 2 aromatic carbocycles. The monoisotopic (exact) mass is 463 g/mol. The molecule has 168 valence electrons. The molecule has 0 unspecified atom stereocenters. The molecule has 8 nitrogen and oxygen atoms in total. The molecule has 4 rings (SSSR count). The van der Waals surface area contributed by atoms with E-state index < -0.39 is 0 Å². The second-order valence-corrected chi connectivity index (χ2v) is 7.89. The van der Waals surface area contributed by atoms with Gasteiger partial charge < -0.3 is 19.0 Å². The maximum atomic E-state index is 13.2. The van der Waals surface area contributed by atoms with Gasteiger partial charge in [0.1, 0.15) is 11.5 Å². The van der Waals surface area contributed by atoms with Gasteiger partial charge in [0.05, 0.1) is 38.1 Å². The number of phenolic OH excluding ortho intramolecular Hbond substituents is 1. The average molecular weight is 464 g/mol. The third kappa shape index (κ3) is 5.09. The topological polar surface area (TPSA) is 96.9 Å². The number of hydrogen-bond donors (Lipinski definition) is 1. The van der Waals surface area contributed by atoms with Crippen molar-refractivity contribution in [3.8, 4) is 17.2 Å². The Bertz CT molecular complexity index is 1230. The molecule has 0 spiro atoms. The van der Waals surface area contributed by atoms with Crippen molar-refractivity contribution >= 4 is 35.1 Å².